The number of aromatic nitrogens is 2. The van der Waals surface area contributed by atoms with Gasteiger partial charge in [0, 0.05) is 22.3 Å². The largest absolute Gasteiger partial charge is 0.328 e. The third-order valence-corrected chi connectivity index (χ3v) is 6.88. The Kier molecular flexibility index (Phi) is 7.36. The van der Waals surface area contributed by atoms with E-state index < -0.39 is 0 Å². The minimum Gasteiger partial charge on any atom is -0.189 e. The van der Waals surface area contributed by atoms with Gasteiger partial charge in [0.15, 0.2) is 0 Å². The van der Waals surface area contributed by atoms with Gasteiger partial charge in [-0.1, -0.05) is 91.8 Å². The Morgan fingerprint density at radius 3 is 1.48 bits per heavy atom. The normalized spacial score (nSPS) is 12.0. The molecule has 2 nitrogen and oxygen atoms in total. The molecule has 3 aromatic rings. The van der Waals surface area contributed by atoms with Gasteiger partial charge in [0.2, 0.25) is 0 Å². The standard InChI is InChI=1S/C28H39N2S/c1-18(2)22-12-10-13-23(19(3)4)26(22)29-16-17-30(28(29)31-9)27-24(20(5)6)14-11-15-25(27)21(7)8/h10-21H,1-9H3/q+1. The molecule has 0 aliphatic heterocycles. The SMILES string of the molecule is CSc1n(-c2c(C(C)C)cccc2C(C)C)cc[n+]1-c1c(C(C)C)cccc1C(C)C. The van der Waals surface area contributed by atoms with Crippen molar-refractivity contribution in [2.75, 3.05) is 6.26 Å². The number of rotatable bonds is 7. The fourth-order valence-electron chi connectivity index (χ4n) is 4.49. The van der Waals surface area contributed by atoms with Crippen molar-refractivity contribution in [3.63, 3.8) is 0 Å². The molecule has 0 amide bonds. The van der Waals surface area contributed by atoms with Crippen LogP contribution in [0.5, 0.6) is 0 Å². The van der Waals surface area contributed by atoms with Crippen molar-refractivity contribution in [2.45, 2.75) is 84.2 Å². The van der Waals surface area contributed by atoms with Crippen molar-refractivity contribution in [1.29, 1.82) is 0 Å². The van der Waals surface area contributed by atoms with Crippen molar-refractivity contribution in [1.82, 2.24) is 4.57 Å². The van der Waals surface area contributed by atoms with Crippen LogP contribution in [0.2, 0.25) is 0 Å². The molecule has 1 heterocycles. The second-order valence-corrected chi connectivity index (χ2v) is 10.5. The second-order valence-electron chi connectivity index (χ2n) is 9.71. The zero-order valence-electron chi connectivity index (χ0n) is 20.7. The summed E-state index contributed by atoms with van der Waals surface area (Å²) in [5.74, 6) is 1.86. The Labute approximate surface area is 193 Å². The summed E-state index contributed by atoms with van der Waals surface area (Å²) in [6.45, 7) is 18.4. The molecule has 0 N–H and O–H groups in total. The number of hydrogen-bond acceptors (Lipinski definition) is 1. The first-order valence-electron chi connectivity index (χ1n) is 11.6. The second kappa shape index (κ2) is 9.65. The van der Waals surface area contributed by atoms with Crippen LogP contribution in [0, 0.1) is 0 Å². The van der Waals surface area contributed by atoms with Gasteiger partial charge in [0.05, 0.1) is 0 Å². The van der Waals surface area contributed by atoms with E-state index in [2.05, 4.69) is 120 Å². The van der Waals surface area contributed by atoms with Crippen LogP contribution in [0.1, 0.15) is 101 Å². The predicted octanol–water partition coefficient (Wildman–Crippen LogP) is 7.97. The maximum Gasteiger partial charge on any atom is 0.328 e. The van der Waals surface area contributed by atoms with Gasteiger partial charge < -0.3 is 0 Å². The number of hydrogen-bond donors (Lipinski definition) is 0. The summed E-state index contributed by atoms with van der Waals surface area (Å²) in [5.41, 5.74) is 8.33. The number of nitrogens with zero attached hydrogens (tertiary/aromatic N) is 2. The van der Waals surface area contributed by atoms with E-state index in [0.29, 0.717) is 23.7 Å². The van der Waals surface area contributed by atoms with Crippen LogP contribution in [0.25, 0.3) is 11.4 Å². The summed E-state index contributed by atoms with van der Waals surface area (Å²) < 4.78 is 4.85. The monoisotopic (exact) mass is 435 g/mol. The van der Waals surface area contributed by atoms with E-state index in [9.17, 15) is 0 Å². The van der Waals surface area contributed by atoms with Gasteiger partial charge in [0.25, 0.3) is 0 Å². The molecule has 0 saturated carbocycles. The maximum absolute atomic E-state index is 2.43. The van der Waals surface area contributed by atoms with Crippen LogP contribution in [-0.2, 0) is 0 Å². The molecule has 2 aromatic carbocycles. The Bertz CT molecular complexity index is 908. The zero-order chi connectivity index (χ0) is 22.9. The molecule has 0 spiro atoms. The summed E-state index contributed by atoms with van der Waals surface area (Å²) in [6, 6.07) is 13.6. The molecule has 1 aromatic heterocycles. The minimum atomic E-state index is 0.466. The van der Waals surface area contributed by atoms with Crippen LogP contribution in [-0.4, -0.2) is 10.8 Å². The third kappa shape index (κ3) is 4.48. The van der Waals surface area contributed by atoms with Gasteiger partial charge in [-0.3, -0.25) is 0 Å². The fraction of sp³-hybridized carbons (Fsp3) is 0.464. The lowest BCUT2D eigenvalue weighted by Gasteiger charge is -2.19. The molecule has 0 aliphatic rings. The van der Waals surface area contributed by atoms with Gasteiger partial charge in [-0.15, -0.1) is 0 Å². The van der Waals surface area contributed by atoms with Crippen molar-refractivity contribution in [2.24, 2.45) is 0 Å². The van der Waals surface area contributed by atoms with Crippen LogP contribution >= 0.6 is 11.8 Å². The molecule has 0 bridgehead atoms. The van der Waals surface area contributed by atoms with Gasteiger partial charge in [-0.2, -0.15) is 9.13 Å². The van der Waals surface area contributed by atoms with E-state index in [-0.39, 0.29) is 0 Å². The Balaban J connectivity index is 2.36. The number of imidazole rings is 1. The Morgan fingerprint density at radius 2 is 1.10 bits per heavy atom. The molecule has 0 aliphatic carbocycles. The van der Waals surface area contributed by atoms with Crippen LogP contribution < -0.4 is 4.57 Å². The van der Waals surface area contributed by atoms with Crippen LogP contribution in [0.3, 0.4) is 0 Å². The molecule has 31 heavy (non-hydrogen) atoms. The Hall–Kier alpha value is -2.00. The van der Waals surface area contributed by atoms with Crippen molar-refractivity contribution in [3.05, 3.63) is 71.0 Å². The lowest BCUT2D eigenvalue weighted by molar-refractivity contribution is -0.637. The fourth-order valence-corrected chi connectivity index (χ4v) is 5.19. The van der Waals surface area contributed by atoms with E-state index >= 15 is 0 Å². The molecular weight excluding hydrogens is 396 g/mol. The molecular formula is C28H39N2S+. The Morgan fingerprint density at radius 1 is 0.677 bits per heavy atom. The quantitative estimate of drug-likeness (QED) is 0.270. The number of para-hydroxylation sites is 2. The summed E-state index contributed by atoms with van der Waals surface area (Å²) >= 11 is 1.83. The first kappa shape index (κ1) is 23.7. The van der Waals surface area contributed by atoms with Crippen molar-refractivity contribution < 1.29 is 4.57 Å². The van der Waals surface area contributed by atoms with Crippen molar-refractivity contribution >= 4 is 11.8 Å². The van der Waals surface area contributed by atoms with Gasteiger partial charge in [-0.25, -0.2) is 0 Å². The van der Waals surface area contributed by atoms with E-state index in [4.69, 9.17) is 0 Å². The zero-order valence-corrected chi connectivity index (χ0v) is 21.5. The highest BCUT2D eigenvalue weighted by Crippen LogP contribution is 2.34. The van der Waals surface area contributed by atoms with Gasteiger partial charge >= 0.3 is 5.16 Å². The average molecular weight is 436 g/mol. The van der Waals surface area contributed by atoms with Crippen LogP contribution in [0.15, 0.2) is 53.9 Å². The van der Waals surface area contributed by atoms with Gasteiger partial charge in [0.1, 0.15) is 23.8 Å². The molecule has 0 saturated heterocycles. The van der Waals surface area contributed by atoms with E-state index in [1.165, 1.54) is 38.8 Å². The topological polar surface area (TPSA) is 8.81 Å². The highest BCUT2D eigenvalue weighted by Gasteiger charge is 2.29. The minimum absolute atomic E-state index is 0.466. The molecule has 166 valence electrons. The molecule has 0 atom stereocenters. The van der Waals surface area contributed by atoms with E-state index in [0.717, 1.165) is 0 Å². The lowest BCUT2D eigenvalue weighted by Crippen LogP contribution is -2.35. The first-order valence-corrected chi connectivity index (χ1v) is 12.8. The van der Waals surface area contributed by atoms with Crippen LogP contribution in [0.4, 0.5) is 0 Å². The lowest BCUT2D eigenvalue weighted by atomic mass is 9.92. The smallest absolute Gasteiger partial charge is 0.189 e. The molecule has 0 radical (unpaired) electrons. The molecule has 3 heteroatoms. The highest BCUT2D eigenvalue weighted by molar-refractivity contribution is 7.98. The number of thioether (sulfide) groups is 1. The third-order valence-electron chi connectivity index (χ3n) is 6.13. The maximum atomic E-state index is 2.43. The predicted molar refractivity (Wildman–Crippen MR) is 135 cm³/mol. The molecule has 3 rings (SSSR count). The molecule has 0 unspecified atom stereocenters. The number of benzene rings is 2. The summed E-state index contributed by atoms with van der Waals surface area (Å²) in [5, 5.41) is 1.25. The van der Waals surface area contributed by atoms with Crippen molar-refractivity contribution in [3.8, 4) is 11.4 Å². The summed E-state index contributed by atoms with van der Waals surface area (Å²) in [4.78, 5) is 0. The average Bonchev–Trinajstić information content (AvgIpc) is 3.15. The van der Waals surface area contributed by atoms with Gasteiger partial charge in [-0.05, 0) is 41.7 Å². The van der Waals surface area contributed by atoms with E-state index in [1.54, 1.807) is 0 Å². The highest BCUT2D eigenvalue weighted by atomic mass is 32.2. The summed E-state index contributed by atoms with van der Waals surface area (Å²) in [7, 11) is 0. The first-order chi connectivity index (χ1) is 14.7. The summed E-state index contributed by atoms with van der Waals surface area (Å²) in [6.07, 6.45) is 6.72. The molecule has 0 fully saturated rings. The van der Waals surface area contributed by atoms with E-state index in [1.807, 2.05) is 11.8 Å².